The molecule has 0 radical (unpaired) electrons. The van der Waals surface area contributed by atoms with Gasteiger partial charge in [-0.1, -0.05) is 13.0 Å². The number of aryl methyl sites for hydroxylation is 1. The molecule has 0 aliphatic rings. The molecule has 0 aliphatic carbocycles. The fraction of sp³-hybridized carbons (Fsp3) is 0.400. The maximum absolute atomic E-state index is 5.27. The van der Waals surface area contributed by atoms with Crippen molar-refractivity contribution >= 4 is 11.3 Å². The second-order valence-electron chi connectivity index (χ2n) is 4.51. The fourth-order valence-electron chi connectivity index (χ4n) is 1.91. The molecule has 1 unspecified atom stereocenters. The quantitative estimate of drug-likeness (QED) is 0.876. The standard InChI is InChI=1S/C15H20N2OS/c1-4-7-16-15(12-6-5-11(2)17-9-12)14-8-13(18-3)10-19-14/h5-6,8-10,15-16H,4,7H2,1-3H3. The van der Waals surface area contributed by atoms with Crippen LogP contribution in [0.4, 0.5) is 0 Å². The lowest BCUT2D eigenvalue weighted by Gasteiger charge is -2.17. The van der Waals surface area contributed by atoms with Gasteiger partial charge in [-0.2, -0.15) is 0 Å². The summed E-state index contributed by atoms with van der Waals surface area (Å²) in [6, 6.07) is 6.49. The van der Waals surface area contributed by atoms with E-state index in [4.69, 9.17) is 4.74 Å². The molecular formula is C15H20N2OS. The Labute approximate surface area is 118 Å². The van der Waals surface area contributed by atoms with Crippen LogP contribution in [0, 0.1) is 6.92 Å². The molecule has 2 rings (SSSR count). The van der Waals surface area contributed by atoms with Crippen molar-refractivity contribution in [2.24, 2.45) is 0 Å². The molecule has 0 aromatic carbocycles. The molecule has 0 saturated carbocycles. The van der Waals surface area contributed by atoms with Gasteiger partial charge in [-0.05, 0) is 37.6 Å². The number of aromatic nitrogens is 1. The van der Waals surface area contributed by atoms with E-state index in [0.717, 1.165) is 24.4 Å². The third-order valence-corrected chi connectivity index (χ3v) is 3.96. The topological polar surface area (TPSA) is 34.2 Å². The van der Waals surface area contributed by atoms with E-state index in [0.29, 0.717) is 0 Å². The number of hydrogen-bond acceptors (Lipinski definition) is 4. The predicted molar refractivity (Wildman–Crippen MR) is 80.0 cm³/mol. The van der Waals surface area contributed by atoms with Gasteiger partial charge in [0.15, 0.2) is 0 Å². The average molecular weight is 276 g/mol. The van der Waals surface area contributed by atoms with Crippen LogP contribution in [0.5, 0.6) is 5.75 Å². The summed E-state index contributed by atoms with van der Waals surface area (Å²) >= 11 is 1.72. The van der Waals surface area contributed by atoms with E-state index in [9.17, 15) is 0 Å². The van der Waals surface area contributed by atoms with Crippen molar-refractivity contribution in [3.63, 3.8) is 0 Å². The Morgan fingerprint density at radius 3 is 2.84 bits per heavy atom. The molecule has 2 heterocycles. The van der Waals surface area contributed by atoms with Crippen LogP contribution >= 0.6 is 11.3 Å². The largest absolute Gasteiger partial charge is 0.496 e. The molecule has 4 heteroatoms. The highest BCUT2D eigenvalue weighted by Gasteiger charge is 2.16. The molecular weight excluding hydrogens is 256 g/mol. The average Bonchev–Trinajstić information content (AvgIpc) is 2.90. The van der Waals surface area contributed by atoms with Gasteiger partial charge >= 0.3 is 0 Å². The molecule has 0 aliphatic heterocycles. The third kappa shape index (κ3) is 3.55. The van der Waals surface area contributed by atoms with Crippen molar-refractivity contribution in [3.05, 3.63) is 45.9 Å². The molecule has 3 nitrogen and oxygen atoms in total. The van der Waals surface area contributed by atoms with Gasteiger partial charge in [0.25, 0.3) is 0 Å². The van der Waals surface area contributed by atoms with Crippen molar-refractivity contribution < 1.29 is 4.74 Å². The predicted octanol–water partition coefficient (Wildman–Crippen LogP) is 3.55. The molecule has 0 bridgehead atoms. The van der Waals surface area contributed by atoms with E-state index in [1.165, 1.54) is 10.4 Å². The number of nitrogens with one attached hydrogen (secondary N) is 1. The number of rotatable bonds is 6. The summed E-state index contributed by atoms with van der Waals surface area (Å²) < 4.78 is 5.27. The summed E-state index contributed by atoms with van der Waals surface area (Å²) in [6.45, 7) is 5.16. The van der Waals surface area contributed by atoms with E-state index in [2.05, 4.69) is 35.4 Å². The van der Waals surface area contributed by atoms with Crippen molar-refractivity contribution in [2.45, 2.75) is 26.3 Å². The van der Waals surface area contributed by atoms with E-state index >= 15 is 0 Å². The second-order valence-corrected chi connectivity index (χ2v) is 5.45. The number of ether oxygens (including phenoxy) is 1. The first-order valence-corrected chi connectivity index (χ1v) is 7.41. The van der Waals surface area contributed by atoms with Gasteiger partial charge in [-0.25, -0.2) is 0 Å². The van der Waals surface area contributed by atoms with Crippen molar-refractivity contribution in [3.8, 4) is 5.75 Å². The summed E-state index contributed by atoms with van der Waals surface area (Å²) in [5.41, 5.74) is 2.24. The molecule has 0 amide bonds. The van der Waals surface area contributed by atoms with E-state index in [1.807, 2.05) is 18.5 Å². The Kier molecular flexibility index (Phi) is 4.93. The van der Waals surface area contributed by atoms with Gasteiger partial charge in [0.2, 0.25) is 0 Å². The minimum absolute atomic E-state index is 0.196. The van der Waals surface area contributed by atoms with Gasteiger partial charge in [0.05, 0.1) is 13.2 Å². The Morgan fingerprint density at radius 1 is 1.42 bits per heavy atom. The van der Waals surface area contributed by atoms with E-state index in [1.54, 1.807) is 18.4 Å². The third-order valence-electron chi connectivity index (χ3n) is 2.98. The van der Waals surface area contributed by atoms with Crippen LogP contribution in [0.25, 0.3) is 0 Å². The summed E-state index contributed by atoms with van der Waals surface area (Å²) in [5.74, 6) is 0.920. The molecule has 102 valence electrons. The number of pyridine rings is 1. The second kappa shape index (κ2) is 6.68. The molecule has 0 fully saturated rings. The summed E-state index contributed by atoms with van der Waals surface area (Å²) in [5, 5.41) is 5.61. The van der Waals surface area contributed by atoms with Crippen LogP contribution in [0.3, 0.4) is 0 Å². The van der Waals surface area contributed by atoms with E-state index in [-0.39, 0.29) is 6.04 Å². The van der Waals surface area contributed by atoms with Crippen LogP contribution in [0.2, 0.25) is 0 Å². The number of methoxy groups -OCH3 is 1. The lowest BCUT2D eigenvalue weighted by Crippen LogP contribution is -2.22. The zero-order valence-corrected chi connectivity index (χ0v) is 12.5. The lowest BCUT2D eigenvalue weighted by molar-refractivity contribution is 0.416. The summed E-state index contributed by atoms with van der Waals surface area (Å²) in [6.07, 6.45) is 3.06. The fourth-order valence-corrected chi connectivity index (χ4v) is 2.87. The van der Waals surface area contributed by atoms with Gasteiger partial charge in [-0.3, -0.25) is 4.98 Å². The van der Waals surface area contributed by atoms with Crippen molar-refractivity contribution in [2.75, 3.05) is 13.7 Å². The first kappa shape index (κ1) is 14.0. The lowest BCUT2D eigenvalue weighted by atomic mass is 10.1. The van der Waals surface area contributed by atoms with Crippen LogP contribution in [-0.2, 0) is 0 Å². The number of hydrogen-bond donors (Lipinski definition) is 1. The van der Waals surface area contributed by atoms with Gasteiger partial charge in [-0.15, -0.1) is 11.3 Å². The van der Waals surface area contributed by atoms with Crippen LogP contribution in [0.15, 0.2) is 29.8 Å². The first-order chi connectivity index (χ1) is 9.24. The number of thiophene rings is 1. The minimum atomic E-state index is 0.196. The highest BCUT2D eigenvalue weighted by molar-refractivity contribution is 7.10. The van der Waals surface area contributed by atoms with Crippen molar-refractivity contribution in [1.29, 1.82) is 0 Å². The van der Waals surface area contributed by atoms with Gasteiger partial charge in [0.1, 0.15) is 5.75 Å². The van der Waals surface area contributed by atoms with Crippen LogP contribution in [-0.4, -0.2) is 18.6 Å². The zero-order valence-electron chi connectivity index (χ0n) is 11.6. The van der Waals surface area contributed by atoms with Crippen LogP contribution in [0.1, 0.15) is 35.5 Å². The van der Waals surface area contributed by atoms with Crippen LogP contribution < -0.4 is 10.1 Å². The Hall–Kier alpha value is -1.39. The summed E-state index contributed by atoms with van der Waals surface area (Å²) in [7, 11) is 1.70. The normalized spacial score (nSPS) is 12.4. The summed E-state index contributed by atoms with van der Waals surface area (Å²) in [4.78, 5) is 5.65. The molecule has 0 spiro atoms. The molecule has 1 atom stereocenters. The monoisotopic (exact) mass is 276 g/mol. The number of nitrogens with zero attached hydrogens (tertiary/aromatic N) is 1. The Bertz CT molecular complexity index is 507. The molecule has 19 heavy (non-hydrogen) atoms. The van der Waals surface area contributed by atoms with E-state index < -0.39 is 0 Å². The Morgan fingerprint density at radius 2 is 2.26 bits per heavy atom. The molecule has 1 N–H and O–H groups in total. The highest BCUT2D eigenvalue weighted by Crippen LogP contribution is 2.30. The van der Waals surface area contributed by atoms with Gasteiger partial charge < -0.3 is 10.1 Å². The maximum atomic E-state index is 5.27. The molecule has 2 aromatic rings. The minimum Gasteiger partial charge on any atom is -0.496 e. The Balaban J connectivity index is 2.26. The smallest absolute Gasteiger partial charge is 0.129 e. The first-order valence-electron chi connectivity index (χ1n) is 6.53. The highest BCUT2D eigenvalue weighted by atomic mass is 32.1. The SMILES string of the molecule is CCCNC(c1ccc(C)nc1)c1cc(OC)cs1. The van der Waals surface area contributed by atoms with Crippen molar-refractivity contribution in [1.82, 2.24) is 10.3 Å². The molecule has 2 aromatic heterocycles. The maximum Gasteiger partial charge on any atom is 0.129 e. The zero-order chi connectivity index (χ0) is 13.7. The molecule has 0 saturated heterocycles. The van der Waals surface area contributed by atoms with Gasteiger partial charge in [0, 0.05) is 22.1 Å².